The van der Waals surface area contributed by atoms with Gasteiger partial charge in [0.05, 0.1) is 16.8 Å². The highest BCUT2D eigenvalue weighted by Crippen LogP contribution is 2.30. The van der Waals surface area contributed by atoms with E-state index in [4.69, 9.17) is 0 Å². The van der Waals surface area contributed by atoms with Crippen LogP contribution >= 0.6 is 11.8 Å². The van der Waals surface area contributed by atoms with E-state index in [0.29, 0.717) is 0 Å². The van der Waals surface area contributed by atoms with Gasteiger partial charge in [0.25, 0.3) is 0 Å². The molecule has 0 fully saturated rings. The molecular weight excluding hydrogens is 294 g/mol. The summed E-state index contributed by atoms with van der Waals surface area (Å²) in [6.45, 7) is 5.27. The highest BCUT2D eigenvalue weighted by Gasteiger charge is 2.24. The maximum absolute atomic E-state index is 11.7. The second-order valence-corrected chi connectivity index (χ2v) is 6.17. The first-order valence-corrected chi connectivity index (χ1v) is 7.98. The highest BCUT2D eigenvalue weighted by atomic mass is 32.2. The molecule has 2 heterocycles. The summed E-state index contributed by atoms with van der Waals surface area (Å²) >= 11 is 1.18. The van der Waals surface area contributed by atoms with Crippen molar-refractivity contribution in [3.63, 3.8) is 0 Å². The Hall–Kier alpha value is -2.14. The zero-order chi connectivity index (χ0) is 15.5. The number of fused-ring (bicyclic) bond motifs is 1. The number of amidine groups is 1. The normalized spacial score (nSPS) is 17.8. The van der Waals surface area contributed by atoms with Gasteiger partial charge in [-0.3, -0.25) is 9.79 Å². The van der Waals surface area contributed by atoms with Crippen LogP contribution in [0.15, 0.2) is 45.7 Å². The van der Waals surface area contributed by atoms with E-state index in [9.17, 15) is 4.79 Å². The lowest BCUT2D eigenvalue weighted by atomic mass is 10.1. The summed E-state index contributed by atoms with van der Waals surface area (Å²) in [5.74, 6) is 0.742. The molecule has 0 radical (unpaired) electrons. The number of hydrogen-bond acceptors (Lipinski definition) is 4. The van der Waals surface area contributed by atoms with Crippen molar-refractivity contribution in [2.45, 2.75) is 6.42 Å². The summed E-state index contributed by atoms with van der Waals surface area (Å²) < 4.78 is 0. The predicted molar refractivity (Wildman–Crippen MR) is 92.4 cm³/mol. The van der Waals surface area contributed by atoms with Crippen LogP contribution in [-0.2, 0) is 0 Å². The maximum Gasteiger partial charge on any atom is 0.311 e. The van der Waals surface area contributed by atoms with Gasteiger partial charge in [0, 0.05) is 13.6 Å². The number of nitrogens with zero attached hydrogens (tertiary/aromatic N) is 3. The fourth-order valence-corrected chi connectivity index (χ4v) is 3.23. The summed E-state index contributed by atoms with van der Waals surface area (Å²) in [5.41, 5.74) is 1.06. The SMILES string of the molecule is C=CCCN(C)C1=NC(=O)S/C1=C\c1ccc2c(c1)=CCN=2. The minimum atomic E-state index is -0.158. The van der Waals surface area contributed by atoms with E-state index in [-0.39, 0.29) is 5.24 Å². The van der Waals surface area contributed by atoms with Gasteiger partial charge in [0.1, 0.15) is 5.84 Å². The minimum Gasteiger partial charge on any atom is -0.358 e. The summed E-state index contributed by atoms with van der Waals surface area (Å²) in [7, 11) is 1.95. The van der Waals surface area contributed by atoms with E-state index in [2.05, 4.69) is 28.7 Å². The third kappa shape index (κ3) is 3.04. The zero-order valence-electron chi connectivity index (χ0n) is 12.5. The van der Waals surface area contributed by atoms with Gasteiger partial charge in [0.15, 0.2) is 0 Å². The first-order valence-electron chi connectivity index (χ1n) is 7.17. The number of benzene rings is 1. The predicted octanol–water partition coefficient (Wildman–Crippen LogP) is 2.21. The van der Waals surface area contributed by atoms with E-state index in [1.54, 1.807) is 0 Å². The van der Waals surface area contributed by atoms with Gasteiger partial charge in [0.2, 0.25) is 0 Å². The molecule has 3 rings (SSSR count). The van der Waals surface area contributed by atoms with E-state index < -0.39 is 0 Å². The van der Waals surface area contributed by atoms with Crippen LogP contribution in [-0.4, -0.2) is 36.1 Å². The standard InChI is InChI=1S/C17H17N3OS/c1-3-4-9-20(2)16-15(22-17(21)19-16)11-12-5-6-14-13(10-12)7-8-18-14/h3,5-7,10-11H,1,4,8-9H2,2H3/b15-11-. The van der Waals surface area contributed by atoms with Gasteiger partial charge in [-0.25, -0.2) is 0 Å². The Labute approximate surface area is 133 Å². The van der Waals surface area contributed by atoms with Crippen molar-refractivity contribution in [3.05, 3.63) is 51.9 Å². The van der Waals surface area contributed by atoms with Crippen LogP contribution in [0.25, 0.3) is 12.2 Å². The maximum atomic E-state index is 11.7. The molecule has 1 aromatic rings. The first-order chi connectivity index (χ1) is 10.7. The van der Waals surface area contributed by atoms with Crippen LogP contribution in [0.2, 0.25) is 0 Å². The van der Waals surface area contributed by atoms with Crippen LogP contribution in [0.5, 0.6) is 0 Å². The molecule has 1 aromatic carbocycles. The average Bonchev–Trinajstić information content (AvgIpc) is 3.10. The van der Waals surface area contributed by atoms with Gasteiger partial charge in [-0.1, -0.05) is 18.2 Å². The van der Waals surface area contributed by atoms with Gasteiger partial charge in [-0.05, 0) is 47.2 Å². The Bertz CT molecular complexity index is 808. The summed E-state index contributed by atoms with van der Waals surface area (Å²) in [4.78, 5) is 23.1. The zero-order valence-corrected chi connectivity index (χ0v) is 13.3. The van der Waals surface area contributed by atoms with Crippen LogP contribution in [0, 0.1) is 0 Å². The van der Waals surface area contributed by atoms with Gasteiger partial charge in [-0.15, -0.1) is 6.58 Å². The molecule has 0 unspecified atom stereocenters. The second kappa shape index (κ2) is 6.32. The average molecular weight is 311 g/mol. The molecule has 0 saturated carbocycles. The quantitative estimate of drug-likeness (QED) is 0.801. The lowest BCUT2D eigenvalue weighted by molar-refractivity contribution is 0.267. The Morgan fingerprint density at radius 3 is 3.14 bits per heavy atom. The summed E-state index contributed by atoms with van der Waals surface area (Å²) in [6.07, 6.45) is 6.85. The fourth-order valence-electron chi connectivity index (χ4n) is 2.43. The van der Waals surface area contributed by atoms with Crippen molar-refractivity contribution in [1.82, 2.24) is 4.90 Å². The van der Waals surface area contributed by atoms with Crippen LogP contribution in [0.1, 0.15) is 12.0 Å². The van der Waals surface area contributed by atoms with Crippen LogP contribution in [0.4, 0.5) is 4.79 Å². The highest BCUT2D eigenvalue weighted by molar-refractivity contribution is 8.18. The smallest absolute Gasteiger partial charge is 0.311 e. The molecular formula is C17H17N3OS. The molecule has 5 heteroatoms. The Kier molecular flexibility index (Phi) is 4.24. The van der Waals surface area contributed by atoms with E-state index in [1.165, 1.54) is 11.8 Å². The molecule has 2 aliphatic rings. The summed E-state index contributed by atoms with van der Waals surface area (Å²) in [6, 6.07) is 6.15. The number of likely N-dealkylation sites (N-methyl/N-ethyl adjacent to an activating group) is 1. The number of aliphatic imine (C=N–C) groups is 1. The largest absolute Gasteiger partial charge is 0.358 e. The van der Waals surface area contributed by atoms with Gasteiger partial charge in [-0.2, -0.15) is 4.99 Å². The molecule has 1 amide bonds. The van der Waals surface area contributed by atoms with E-state index in [0.717, 1.165) is 46.4 Å². The van der Waals surface area contributed by atoms with Crippen molar-refractivity contribution in [3.8, 4) is 0 Å². The molecule has 22 heavy (non-hydrogen) atoms. The third-order valence-electron chi connectivity index (χ3n) is 3.57. The van der Waals surface area contributed by atoms with Crippen molar-refractivity contribution in [2.75, 3.05) is 20.1 Å². The van der Waals surface area contributed by atoms with Crippen molar-refractivity contribution < 1.29 is 4.79 Å². The van der Waals surface area contributed by atoms with Crippen molar-refractivity contribution in [2.24, 2.45) is 9.98 Å². The molecule has 0 aliphatic carbocycles. The molecule has 0 saturated heterocycles. The van der Waals surface area contributed by atoms with Crippen molar-refractivity contribution in [1.29, 1.82) is 0 Å². The Morgan fingerprint density at radius 1 is 1.45 bits per heavy atom. The fraction of sp³-hybridized carbons (Fsp3) is 0.235. The molecule has 0 N–H and O–H groups in total. The number of carbonyl (C=O) groups excluding carboxylic acids is 1. The Balaban J connectivity index is 1.90. The van der Waals surface area contributed by atoms with Gasteiger partial charge >= 0.3 is 5.24 Å². The number of carbonyl (C=O) groups is 1. The molecule has 2 aliphatic heterocycles. The van der Waals surface area contributed by atoms with Crippen LogP contribution in [0.3, 0.4) is 0 Å². The minimum absolute atomic E-state index is 0.158. The number of hydrogen-bond donors (Lipinski definition) is 0. The molecule has 0 bridgehead atoms. The molecule has 0 atom stereocenters. The van der Waals surface area contributed by atoms with Crippen LogP contribution < -0.4 is 10.6 Å². The number of rotatable bonds is 4. The second-order valence-electron chi connectivity index (χ2n) is 5.17. The number of thioether (sulfide) groups is 1. The monoisotopic (exact) mass is 311 g/mol. The van der Waals surface area contributed by atoms with E-state index in [1.807, 2.05) is 36.2 Å². The third-order valence-corrected chi connectivity index (χ3v) is 4.35. The molecule has 0 spiro atoms. The van der Waals surface area contributed by atoms with Crippen molar-refractivity contribution >= 4 is 35.0 Å². The molecule has 112 valence electrons. The first kappa shape index (κ1) is 14.8. The lowest BCUT2D eigenvalue weighted by Gasteiger charge is -2.18. The lowest BCUT2D eigenvalue weighted by Crippen LogP contribution is -2.27. The van der Waals surface area contributed by atoms with E-state index >= 15 is 0 Å². The molecule has 0 aromatic heterocycles. The van der Waals surface area contributed by atoms with Gasteiger partial charge < -0.3 is 4.90 Å². The number of amides is 1. The molecule has 4 nitrogen and oxygen atoms in total. The topological polar surface area (TPSA) is 45.0 Å². The Morgan fingerprint density at radius 2 is 2.32 bits per heavy atom. The summed E-state index contributed by atoms with van der Waals surface area (Å²) in [5, 5.41) is 2.03.